The van der Waals surface area contributed by atoms with Crippen LogP contribution in [-0.2, 0) is 16.0 Å². The van der Waals surface area contributed by atoms with Gasteiger partial charge in [0.1, 0.15) is 0 Å². The summed E-state index contributed by atoms with van der Waals surface area (Å²) in [6.07, 6.45) is 2.91. The Morgan fingerprint density at radius 2 is 1.67 bits per heavy atom. The lowest BCUT2D eigenvalue weighted by atomic mass is 10.1. The molecular formula is C19H25N3O2. The van der Waals surface area contributed by atoms with Crippen molar-refractivity contribution in [3.63, 3.8) is 0 Å². The van der Waals surface area contributed by atoms with E-state index in [4.69, 9.17) is 0 Å². The van der Waals surface area contributed by atoms with E-state index in [9.17, 15) is 9.59 Å². The maximum atomic E-state index is 12.6. The summed E-state index contributed by atoms with van der Waals surface area (Å²) in [5, 5.41) is 1.11. The van der Waals surface area contributed by atoms with Gasteiger partial charge in [-0.15, -0.1) is 0 Å². The van der Waals surface area contributed by atoms with Crippen molar-refractivity contribution in [2.24, 2.45) is 5.92 Å². The lowest BCUT2D eigenvalue weighted by molar-refractivity contribution is -0.139. The summed E-state index contributed by atoms with van der Waals surface area (Å²) in [5.41, 5.74) is 2.10. The van der Waals surface area contributed by atoms with Crippen LogP contribution in [0.1, 0.15) is 25.8 Å². The molecule has 3 rings (SSSR count). The third-order valence-corrected chi connectivity index (χ3v) is 4.58. The Morgan fingerprint density at radius 3 is 2.33 bits per heavy atom. The Balaban J connectivity index is 1.57. The van der Waals surface area contributed by atoms with E-state index in [1.165, 1.54) is 0 Å². The van der Waals surface area contributed by atoms with Crippen molar-refractivity contribution in [2.75, 3.05) is 26.2 Å². The monoisotopic (exact) mass is 327 g/mol. The highest BCUT2D eigenvalue weighted by atomic mass is 16.2. The molecule has 0 radical (unpaired) electrons. The van der Waals surface area contributed by atoms with Gasteiger partial charge in [-0.05, 0) is 17.5 Å². The number of aromatic amines is 1. The van der Waals surface area contributed by atoms with Crippen LogP contribution in [-0.4, -0.2) is 52.8 Å². The van der Waals surface area contributed by atoms with Gasteiger partial charge in [-0.1, -0.05) is 32.0 Å². The molecule has 2 amide bonds. The van der Waals surface area contributed by atoms with Crippen LogP contribution in [0.25, 0.3) is 10.9 Å². The molecule has 24 heavy (non-hydrogen) atoms. The van der Waals surface area contributed by atoms with Crippen LogP contribution < -0.4 is 0 Å². The SMILES string of the molecule is CC(C)CC(=O)N1CCN(C(=O)Cc2c[nH]c3ccccc23)CC1. The fraction of sp³-hybridized carbons (Fsp3) is 0.474. The van der Waals surface area contributed by atoms with Crippen molar-refractivity contribution in [1.29, 1.82) is 0 Å². The normalized spacial score (nSPS) is 15.3. The first kappa shape index (κ1) is 16.6. The average molecular weight is 327 g/mol. The number of hydrogen-bond acceptors (Lipinski definition) is 2. The van der Waals surface area contributed by atoms with Crippen molar-refractivity contribution < 1.29 is 9.59 Å². The Bertz CT molecular complexity index is 727. The number of benzene rings is 1. The van der Waals surface area contributed by atoms with Crippen LogP contribution in [0.3, 0.4) is 0 Å². The number of carbonyl (C=O) groups is 2. The van der Waals surface area contributed by atoms with E-state index in [1.54, 1.807) is 0 Å². The highest BCUT2D eigenvalue weighted by Crippen LogP contribution is 2.19. The molecule has 2 aromatic rings. The first-order chi connectivity index (χ1) is 11.5. The Hall–Kier alpha value is -2.30. The van der Waals surface area contributed by atoms with Crippen molar-refractivity contribution >= 4 is 22.7 Å². The molecule has 1 saturated heterocycles. The van der Waals surface area contributed by atoms with Crippen LogP contribution in [0.15, 0.2) is 30.5 Å². The second kappa shape index (κ2) is 7.07. The number of nitrogens with zero attached hydrogens (tertiary/aromatic N) is 2. The minimum atomic E-state index is 0.135. The van der Waals surface area contributed by atoms with Crippen LogP contribution >= 0.6 is 0 Å². The number of carbonyl (C=O) groups excluding carboxylic acids is 2. The van der Waals surface area contributed by atoms with Gasteiger partial charge in [0.05, 0.1) is 6.42 Å². The molecule has 5 heteroatoms. The highest BCUT2D eigenvalue weighted by molar-refractivity contribution is 5.89. The molecule has 128 valence electrons. The number of nitrogens with one attached hydrogen (secondary N) is 1. The third kappa shape index (κ3) is 3.61. The fourth-order valence-electron chi connectivity index (χ4n) is 3.24. The van der Waals surface area contributed by atoms with E-state index in [0.29, 0.717) is 44.9 Å². The zero-order valence-corrected chi connectivity index (χ0v) is 14.4. The molecular weight excluding hydrogens is 302 g/mol. The van der Waals surface area contributed by atoms with E-state index >= 15 is 0 Å². The molecule has 0 bridgehead atoms. The topological polar surface area (TPSA) is 56.4 Å². The summed E-state index contributed by atoms with van der Waals surface area (Å²) >= 11 is 0. The summed E-state index contributed by atoms with van der Waals surface area (Å²) in [7, 11) is 0. The van der Waals surface area contributed by atoms with Crippen LogP contribution in [0, 0.1) is 5.92 Å². The zero-order chi connectivity index (χ0) is 17.1. The van der Waals surface area contributed by atoms with Gasteiger partial charge in [-0.3, -0.25) is 9.59 Å². The number of amides is 2. The second-order valence-corrected chi connectivity index (χ2v) is 6.90. The van der Waals surface area contributed by atoms with Gasteiger partial charge < -0.3 is 14.8 Å². The Labute approximate surface area is 142 Å². The first-order valence-electron chi connectivity index (χ1n) is 8.65. The average Bonchev–Trinajstić information content (AvgIpc) is 2.97. The molecule has 1 fully saturated rings. The van der Waals surface area contributed by atoms with Gasteiger partial charge in [-0.2, -0.15) is 0 Å². The Kier molecular flexibility index (Phi) is 4.88. The molecule has 0 unspecified atom stereocenters. The van der Waals surface area contributed by atoms with Crippen LogP contribution in [0.4, 0.5) is 0 Å². The quantitative estimate of drug-likeness (QED) is 0.937. The van der Waals surface area contributed by atoms with Crippen molar-refractivity contribution in [2.45, 2.75) is 26.7 Å². The van der Waals surface area contributed by atoms with E-state index in [0.717, 1.165) is 16.5 Å². The number of piperazine rings is 1. The standard InChI is InChI=1S/C19H25N3O2/c1-14(2)11-18(23)21-7-9-22(10-8-21)19(24)12-15-13-20-17-6-4-3-5-16(15)17/h3-6,13-14,20H,7-12H2,1-2H3. The summed E-state index contributed by atoms with van der Waals surface area (Å²) in [6.45, 7) is 6.66. The number of para-hydroxylation sites is 1. The fourth-order valence-corrected chi connectivity index (χ4v) is 3.24. The molecule has 0 atom stereocenters. The predicted molar refractivity (Wildman–Crippen MR) is 94.6 cm³/mol. The molecule has 1 aliphatic heterocycles. The third-order valence-electron chi connectivity index (χ3n) is 4.58. The second-order valence-electron chi connectivity index (χ2n) is 6.90. The van der Waals surface area contributed by atoms with E-state index in [-0.39, 0.29) is 11.8 Å². The zero-order valence-electron chi connectivity index (χ0n) is 14.4. The molecule has 5 nitrogen and oxygen atoms in total. The molecule has 0 saturated carbocycles. The Morgan fingerprint density at radius 1 is 1.04 bits per heavy atom. The first-order valence-corrected chi connectivity index (χ1v) is 8.65. The van der Waals surface area contributed by atoms with Gasteiger partial charge in [-0.25, -0.2) is 0 Å². The summed E-state index contributed by atoms with van der Waals surface area (Å²) in [6, 6.07) is 8.03. The van der Waals surface area contributed by atoms with E-state index in [2.05, 4.69) is 18.8 Å². The minimum absolute atomic E-state index is 0.135. The van der Waals surface area contributed by atoms with Crippen LogP contribution in [0.5, 0.6) is 0 Å². The van der Waals surface area contributed by atoms with Crippen molar-refractivity contribution in [3.05, 3.63) is 36.0 Å². The van der Waals surface area contributed by atoms with Crippen molar-refractivity contribution in [3.8, 4) is 0 Å². The largest absolute Gasteiger partial charge is 0.361 e. The maximum Gasteiger partial charge on any atom is 0.227 e. The smallest absolute Gasteiger partial charge is 0.227 e. The predicted octanol–water partition coefficient (Wildman–Crippen LogP) is 2.43. The highest BCUT2D eigenvalue weighted by Gasteiger charge is 2.24. The summed E-state index contributed by atoms with van der Waals surface area (Å²) < 4.78 is 0. The van der Waals surface area contributed by atoms with Gasteiger partial charge in [0.2, 0.25) is 11.8 Å². The summed E-state index contributed by atoms with van der Waals surface area (Å²) in [4.78, 5) is 31.7. The molecule has 1 aromatic carbocycles. The van der Waals surface area contributed by atoms with Crippen molar-refractivity contribution in [1.82, 2.24) is 14.8 Å². The van der Waals surface area contributed by atoms with Gasteiger partial charge in [0, 0.05) is 49.7 Å². The summed E-state index contributed by atoms with van der Waals surface area (Å²) in [5.74, 6) is 0.712. The number of H-pyrrole nitrogens is 1. The number of rotatable bonds is 4. The lowest BCUT2D eigenvalue weighted by Crippen LogP contribution is -2.51. The van der Waals surface area contributed by atoms with Crippen LogP contribution in [0.2, 0.25) is 0 Å². The van der Waals surface area contributed by atoms with E-state index < -0.39 is 0 Å². The number of aromatic nitrogens is 1. The molecule has 2 heterocycles. The molecule has 0 aliphatic carbocycles. The molecule has 0 spiro atoms. The van der Waals surface area contributed by atoms with Gasteiger partial charge in [0.25, 0.3) is 0 Å². The van der Waals surface area contributed by atoms with Gasteiger partial charge >= 0.3 is 0 Å². The minimum Gasteiger partial charge on any atom is -0.361 e. The molecule has 1 aliphatic rings. The maximum absolute atomic E-state index is 12.6. The lowest BCUT2D eigenvalue weighted by Gasteiger charge is -2.35. The van der Waals surface area contributed by atoms with Gasteiger partial charge in [0.15, 0.2) is 0 Å². The molecule has 1 aromatic heterocycles. The van der Waals surface area contributed by atoms with E-state index in [1.807, 2.05) is 40.3 Å². The number of fused-ring (bicyclic) bond motifs is 1. The number of hydrogen-bond donors (Lipinski definition) is 1. The molecule has 1 N–H and O–H groups in total.